The Morgan fingerprint density at radius 2 is 2.00 bits per heavy atom. The highest BCUT2D eigenvalue weighted by atomic mass is 16.2. The van der Waals surface area contributed by atoms with Crippen LogP contribution in [0.25, 0.3) is 0 Å². The number of hydrogen-bond acceptors (Lipinski definition) is 3. The highest BCUT2D eigenvalue weighted by Gasteiger charge is 2.16. The molecule has 1 fully saturated rings. The Hall–Kier alpha value is -0.120. The van der Waals surface area contributed by atoms with Gasteiger partial charge in [0.1, 0.15) is 0 Å². The molecule has 0 unspecified atom stereocenters. The summed E-state index contributed by atoms with van der Waals surface area (Å²) in [6.07, 6.45) is 4.64. The predicted molar refractivity (Wildman–Crippen MR) is 54.8 cm³/mol. The Bertz CT molecular complexity index is 119. The summed E-state index contributed by atoms with van der Waals surface area (Å²) in [5, 5.41) is 12.0. The fraction of sp³-hybridized carbons (Fsp3) is 1.00. The molecule has 78 valence electrons. The Kier molecular flexibility index (Phi) is 5.35. The van der Waals surface area contributed by atoms with E-state index in [1.165, 1.54) is 25.9 Å². The smallest absolute Gasteiger partial charge is 0.0431 e. The average Bonchev–Trinajstić information content (AvgIpc) is 2.19. The summed E-state index contributed by atoms with van der Waals surface area (Å²) in [5.74, 6) is 0. The van der Waals surface area contributed by atoms with Gasteiger partial charge in [0.15, 0.2) is 0 Å². The van der Waals surface area contributed by atoms with Crippen molar-refractivity contribution in [1.82, 2.24) is 10.2 Å². The molecule has 1 aliphatic rings. The van der Waals surface area contributed by atoms with E-state index in [4.69, 9.17) is 5.11 Å². The van der Waals surface area contributed by atoms with Crippen molar-refractivity contribution >= 4 is 0 Å². The minimum absolute atomic E-state index is 0.340. The van der Waals surface area contributed by atoms with Crippen LogP contribution in [-0.4, -0.2) is 49.3 Å². The lowest BCUT2D eigenvalue weighted by atomic mass is 10.1. The molecule has 0 spiro atoms. The molecule has 0 bridgehead atoms. The summed E-state index contributed by atoms with van der Waals surface area (Å²) in [5.41, 5.74) is 0. The number of aliphatic hydroxyl groups excluding tert-OH is 1. The second kappa shape index (κ2) is 6.35. The molecule has 2 N–H and O–H groups in total. The summed E-state index contributed by atoms with van der Waals surface area (Å²) < 4.78 is 0. The monoisotopic (exact) mass is 186 g/mol. The van der Waals surface area contributed by atoms with Crippen molar-refractivity contribution in [2.75, 3.05) is 33.3 Å². The molecule has 1 aliphatic heterocycles. The van der Waals surface area contributed by atoms with Crippen molar-refractivity contribution < 1.29 is 5.11 Å². The van der Waals surface area contributed by atoms with Gasteiger partial charge in [-0.25, -0.2) is 0 Å². The van der Waals surface area contributed by atoms with E-state index in [1.807, 2.05) is 7.05 Å². The first-order valence-electron chi connectivity index (χ1n) is 5.37. The van der Waals surface area contributed by atoms with E-state index in [1.54, 1.807) is 0 Å². The molecule has 1 saturated heterocycles. The second-order valence-corrected chi connectivity index (χ2v) is 3.84. The van der Waals surface area contributed by atoms with Gasteiger partial charge in [-0.3, -0.25) is 0 Å². The molecule has 0 aliphatic carbocycles. The second-order valence-electron chi connectivity index (χ2n) is 3.84. The molecule has 13 heavy (non-hydrogen) atoms. The maximum absolute atomic E-state index is 8.65. The van der Waals surface area contributed by atoms with Gasteiger partial charge in [0.25, 0.3) is 0 Å². The summed E-state index contributed by atoms with van der Waals surface area (Å²) in [4.78, 5) is 2.50. The summed E-state index contributed by atoms with van der Waals surface area (Å²) >= 11 is 0. The van der Waals surface area contributed by atoms with Crippen molar-refractivity contribution in [1.29, 1.82) is 0 Å². The van der Waals surface area contributed by atoms with Gasteiger partial charge in [-0.2, -0.15) is 0 Å². The fourth-order valence-electron chi connectivity index (χ4n) is 1.89. The number of rotatable bonds is 5. The third-order valence-corrected chi connectivity index (χ3v) is 2.88. The van der Waals surface area contributed by atoms with Gasteiger partial charge in [-0.05, 0) is 52.4 Å². The first kappa shape index (κ1) is 11.0. The van der Waals surface area contributed by atoms with Crippen LogP contribution in [0.3, 0.4) is 0 Å². The van der Waals surface area contributed by atoms with Gasteiger partial charge >= 0.3 is 0 Å². The number of unbranched alkanes of at least 4 members (excludes halogenated alkanes) is 1. The topological polar surface area (TPSA) is 35.5 Å². The maximum atomic E-state index is 8.65. The van der Waals surface area contributed by atoms with Crippen molar-refractivity contribution in [3.63, 3.8) is 0 Å². The molecule has 0 aromatic heterocycles. The maximum Gasteiger partial charge on any atom is 0.0431 e. The molecule has 0 saturated carbocycles. The van der Waals surface area contributed by atoms with Crippen LogP contribution >= 0.6 is 0 Å². The Labute approximate surface area is 81.1 Å². The quantitative estimate of drug-likeness (QED) is 0.612. The molecular weight excluding hydrogens is 164 g/mol. The highest BCUT2D eigenvalue weighted by molar-refractivity contribution is 4.75. The van der Waals surface area contributed by atoms with E-state index in [0.29, 0.717) is 6.61 Å². The molecule has 3 nitrogen and oxygen atoms in total. The molecule has 0 radical (unpaired) electrons. The lowest BCUT2D eigenvalue weighted by molar-refractivity contribution is 0.191. The SMILES string of the molecule is CNC1CCN(CCCCO)CC1. The molecular formula is C10H22N2O. The molecule has 0 aromatic rings. The van der Waals surface area contributed by atoms with E-state index < -0.39 is 0 Å². The number of piperidine rings is 1. The molecule has 3 heteroatoms. The lowest BCUT2D eigenvalue weighted by Crippen LogP contribution is -2.41. The van der Waals surface area contributed by atoms with Gasteiger partial charge in [0.05, 0.1) is 0 Å². The van der Waals surface area contributed by atoms with Crippen LogP contribution in [0.4, 0.5) is 0 Å². The van der Waals surface area contributed by atoms with Crippen molar-refractivity contribution in [3.05, 3.63) is 0 Å². The highest BCUT2D eigenvalue weighted by Crippen LogP contribution is 2.10. The van der Waals surface area contributed by atoms with E-state index in [9.17, 15) is 0 Å². The first-order chi connectivity index (χ1) is 6.36. The third-order valence-electron chi connectivity index (χ3n) is 2.88. The van der Waals surface area contributed by atoms with Gasteiger partial charge in [0, 0.05) is 12.6 Å². The van der Waals surface area contributed by atoms with Gasteiger partial charge in [0.2, 0.25) is 0 Å². The van der Waals surface area contributed by atoms with Crippen LogP contribution in [0.2, 0.25) is 0 Å². The largest absolute Gasteiger partial charge is 0.396 e. The zero-order valence-electron chi connectivity index (χ0n) is 8.63. The zero-order valence-corrected chi connectivity index (χ0v) is 8.63. The van der Waals surface area contributed by atoms with Crippen LogP contribution in [0.5, 0.6) is 0 Å². The molecule has 0 amide bonds. The zero-order chi connectivity index (χ0) is 9.52. The molecule has 1 heterocycles. The van der Waals surface area contributed by atoms with Crippen LogP contribution in [0, 0.1) is 0 Å². The van der Waals surface area contributed by atoms with Crippen molar-refractivity contribution in [2.24, 2.45) is 0 Å². The molecule has 0 atom stereocenters. The molecule has 1 rings (SSSR count). The summed E-state index contributed by atoms with van der Waals surface area (Å²) in [7, 11) is 2.05. The van der Waals surface area contributed by atoms with Gasteiger partial charge in [-0.1, -0.05) is 0 Å². The fourth-order valence-corrected chi connectivity index (χ4v) is 1.89. The predicted octanol–water partition coefficient (Wildman–Crippen LogP) is 0.443. The normalized spacial score (nSPS) is 20.8. The number of nitrogens with one attached hydrogen (secondary N) is 1. The number of hydrogen-bond donors (Lipinski definition) is 2. The Balaban J connectivity index is 2.03. The minimum Gasteiger partial charge on any atom is -0.396 e. The van der Waals surface area contributed by atoms with Crippen LogP contribution < -0.4 is 5.32 Å². The molecule has 0 aromatic carbocycles. The summed E-state index contributed by atoms with van der Waals surface area (Å²) in [6, 6.07) is 0.731. The van der Waals surface area contributed by atoms with E-state index in [2.05, 4.69) is 10.2 Å². The Morgan fingerprint density at radius 3 is 2.54 bits per heavy atom. The standard InChI is InChI=1S/C10H22N2O/c1-11-10-4-7-12(8-5-10)6-2-3-9-13/h10-11,13H,2-9H2,1H3. The Morgan fingerprint density at radius 1 is 1.31 bits per heavy atom. The average molecular weight is 186 g/mol. The lowest BCUT2D eigenvalue weighted by Gasteiger charge is -2.31. The van der Waals surface area contributed by atoms with Gasteiger partial charge < -0.3 is 15.3 Å². The third kappa shape index (κ3) is 4.07. The number of nitrogens with zero attached hydrogens (tertiary/aromatic N) is 1. The number of aliphatic hydroxyl groups is 1. The van der Waals surface area contributed by atoms with E-state index >= 15 is 0 Å². The van der Waals surface area contributed by atoms with Crippen LogP contribution in [0.1, 0.15) is 25.7 Å². The first-order valence-corrected chi connectivity index (χ1v) is 5.37. The van der Waals surface area contributed by atoms with Crippen molar-refractivity contribution in [3.8, 4) is 0 Å². The summed E-state index contributed by atoms with van der Waals surface area (Å²) in [6.45, 7) is 3.94. The van der Waals surface area contributed by atoms with Crippen molar-refractivity contribution in [2.45, 2.75) is 31.7 Å². The number of likely N-dealkylation sites (tertiary alicyclic amines) is 1. The minimum atomic E-state index is 0.340. The van der Waals surface area contributed by atoms with E-state index in [-0.39, 0.29) is 0 Å². The van der Waals surface area contributed by atoms with Crippen LogP contribution in [0.15, 0.2) is 0 Å². The van der Waals surface area contributed by atoms with Crippen LogP contribution in [-0.2, 0) is 0 Å². The van der Waals surface area contributed by atoms with Gasteiger partial charge in [-0.15, -0.1) is 0 Å². The van der Waals surface area contributed by atoms with E-state index in [0.717, 1.165) is 25.4 Å².